The summed E-state index contributed by atoms with van der Waals surface area (Å²) in [5.41, 5.74) is -1.08. The van der Waals surface area contributed by atoms with E-state index in [1.807, 2.05) is 6.92 Å². The molecule has 6 atom stereocenters. The van der Waals surface area contributed by atoms with Crippen LogP contribution < -0.4 is 0 Å². The molecule has 2 unspecified atom stereocenters. The molecule has 3 saturated heterocycles. The standard InChI is InChI=1S/C24H36N2O6/c1-5-9-13-25(12-6-2)22(29)20-24-11-10-17(32-24)18(23(30)31-14-7-3)19(24)21(28)26(20)16(8-4)15-27/h6-7,16-20,27H,2-3,5,8-15H2,1,4H3/t16-,17+,18-,19-,20?,24?/m0/s1. The largest absolute Gasteiger partial charge is 0.461 e. The van der Waals surface area contributed by atoms with Gasteiger partial charge in [0.25, 0.3) is 0 Å². The van der Waals surface area contributed by atoms with Crippen molar-refractivity contribution in [2.45, 2.75) is 69.7 Å². The monoisotopic (exact) mass is 448 g/mol. The van der Waals surface area contributed by atoms with Crippen LogP contribution in [0.4, 0.5) is 0 Å². The lowest BCUT2D eigenvalue weighted by atomic mass is 9.70. The number of ether oxygens (including phenoxy) is 2. The van der Waals surface area contributed by atoms with Gasteiger partial charge >= 0.3 is 5.97 Å². The summed E-state index contributed by atoms with van der Waals surface area (Å²) in [5, 5.41) is 10.0. The van der Waals surface area contributed by atoms with Gasteiger partial charge in [-0.05, 0) is 25.7 Å². The van der Waals surface area contributed by atoms with Gasteiger partial charge < -0.3 is 24.4 Å². The molecule has 3 heterocycles. The Kier molecular flexibility index (Phi) is 7.77. The number of hydrogen-bond donors (Lipinski definition) is 1. The number of hydrogen-bond acceptors (Lipinski definition) is 6. The first-order chi connectivity index (χ1) is 15.4. The first-order valence-electron chi connectivity index (χ1n) is 11.7. The zero-order valence-corrected chi connectivity index (χ0v) is 19.2. The Morgan fingerprint density at radius 3 is 2.72 bits per heavy atom. The number of unbranched alkanes of at least 4 members (excludes halogenated alkanes) is 1. The SMILES string of the molecule is C=CCOC(=O)[C@@H]1[C@H]2C(=O)N([C@@H](CC)CO)C(C(=O)N(CC=C)CCCC)C23CC[C@H]1O3. The Balaban J connectivity index is 2.03. The van der Waals surface area contributed by atoms with Gasteiger partial charge in [-0.15, -0.1) is 6.58 Å². The van der Waals surface area contributed by atoms with E-state index in [0.717, 1.165) is 12.8 Å². The molecule has 32 heavy (non-hydrogen) atoms. The number of likely N-dealkylation sites (tertiary alicyclic amines) is 1. The van der Waals surface area contributed by atoms with E-state index in [1.54, 1.807) is 11.0 Å². The van der Waals surface area contributed by atoms with E-state index in [1.165, 1.54) is 11.0 Å². The number of aliphatic hydroxyl groups is 1. The minimum atomic E-state index is -1.08. The highest BCUT2D eigenvalue weighted by Crippen LogP contribution is 2.59. The van der Waals surface area contributed by atoms with Crippen molar-refractivity contribution >= 4 is 17.8 Å². The number of esters is 1. The molecular formula is C24H36N2O6. The molecule has 1 spiro atoms. The van der Waals surface area contributed by atoms with E-state index < -0.39 is 41.6 Å². The van der Waals surface area contributed by atoms with Crippen LogP contribution in [0.2, 0.25) is 0 Å². The van der Waals surface area contributed by atoms with Crippen molar-refractivity contribution in [3.63, 3.8) is 0 Å². The molecule has 2 amide bonds. The second-order valence-corrected chi connectivity index (χ2v) is 8.89. The molecule has 0 aromatic carbocycles. The van der Waals surface area contributed by atoms with E-state index in [2.05, 4.69) is 20.1 Å². The fourth-order valence-electron chi connectivity index (χ4n) is 5.65. The molecule has 0 radical (unpaired) electrons. The molecule has 178 valence electrons. The number of carbonyl (C=O) groups is 3. The first kappa shape index (κ1) is 24.5. The summed E-state index contributed by atoms with van der Waals surface area (Å²) in [6.45, 7) is 12.0. The van der Waals surface area contributed by atoms with Crippen LogP contribution in [-0.2, 0) is 23.9 Å². The smallest absolute Gasteiger partial charge is 0.312 e. The van der Waals surface area contributed by atoms with Crippen molar-refractivity contribution in [3.05, 3.63) is 25.3 Å². The van der Waals surface area contributed by atoms with Crippen LogP contribution in [0.5, 0.6) is 0 Å². The van der Waals surface area contributed by atoms with E-state index in [4.69, 9.17) is 9.47 Å². The molecule has 1 N–H and O–H groups in total. The molecule has 0 aromatic rings. The van der Waals surface area contributed by atoms with Crippen LogP contribution in [-0.4, -0.2) is 82.8 Å². The lowest BCUT2D eigenvalue weighted by Crippen LogP contribution is -2.58. The molecule has 2 bridgehead atoms. The summed E-state index contributed by atoms with van der Waals surface area (Å²) in [5.74, 6) is -2.54. The molecule has 0 aliphatic carbocycles. The number of nitrogens with zero attached hydrogens (tertiary/aromatic N) is 2. The molecule has 8 heteroatoms. The average molecular weight is 449 g/mol. The predicted octanol–water partition coefficient (Wildman–Crippen LogP) is 1.68. The van der Waals surface area contributed by atoms with Gasteiger partial charge in [-0.1, -0.05) is 39.0 Å². The quantitative estimate of drug-likeness (QED) is 0.360. The van der Waals surface area contributed by atoms with Crippen molar-refractivity contribution < 1.29 is 29.0 Å². The Morgan fingerprint density at radius 2 is 2.12 bits per heavy atom. The zero-order chi connectivity index (χ0) is 23.5. The summed E-state index contributed by atoms with van der Waals surface area (Å²) in [6, 6.07) is -1.41. The third-order valence-corrected chi connectivity index (χ3v) is 7.11. The van der Waals surface area contributed by atoms with Gasteiger partial charge in [0.15, 0.2) is 0 Å². The van der Waals surface area contributed by atoms with Gasteiger partial charge in [-0.3, -0.25) is 14.4 Å². The third kappa shape index (κ3) is 3.88. The van der Waals surface area contributed by atoms with Gasteiger partial charge in [-0.2, -0.15) is 0 Å². The second-order valence-electron chi connectivity index (χ2n) is 8.89. The highest BCUT2D eigenvalue weighted by molar-refractivity contribution is 5.98. The van der Waals surface area contributed by atoms with Gasteiger partial charge in [-0.25, -0.2) is 0 Å². The summed E-state index contributed by atoms with van der Waals surface area (Å²) in [4.78, 5) is 43.7. The van der Waals surface area contributed by atoms with Crippen molar-refractivity contribution in [2.75, 3.05) is 26.3 Å². The van der Waals surface area contributed by atoms with Crippen LogP contribution in [0.1, 0.15) is 46.0 Å². The number of amides is 2. The van der Waals surface area contributed by atoms with Crippen LogP contribution in [0.15, 0.2) is 25.3 Å². The Morgan fingerprint density at radius 1 is 1.38 bits per heavy atom. The molecule has 3 fully saturated rings. The van der Waals surface area contributed by atoms with E-state index >= 15 is 0 Å². The summed E-state index contributed by atoms with van der Waals surface area (Å²) >= 11 is 0. The molecule has 0 saturated carbocycles. The topological polar surface area (TPSA) is 96.4 Å². The summed E-state index contributed by atoms with van der Waals surface area (Å²) < 4.78 is 11.7. The lowest BCUT2D eigenvalue weighted by molar-refractivity contribution is -0.155. The van der Waals surface area contributed by atoms with Gasteiger partial charge in [0.1, 0.15) is 18.2 Å². The average Bonchev–Trinajstić information content (AvgIpc) is 3.43. The van der Waals surface area contributed by atoms with Crippen LogP contribution >= 0.6 is 0 Å². The second kappa shape index (κ2) is 10.2. The van der Waals surface area contributed by atoms with Crippen LogP contribution in [0, 0.1) is 11.8 Å². The molecular weight excluding hydrogens is 412 g/mol. The normalized spacial score (nSPS) is 31.3. The third-order valence-electron chi connectivity index (χ3n) is 7.11. The van der Waals surface area contributed by atoms with Crippen molar-refractivity contribution in [1.82, 2.24) is 9.80 Å². The minimum Gasteiger partial charge on any atom is -0.461 e. The Hall–Kier alpha value is -2.19. The first-order valence-corrected chi connectivity index (χ1v) is 11.7. The number of carbonyl (C=O) groups excluding carboxylic acids is 3. The molecule has 3 aliphatic rings. The highest BCUT2D eigenvalue weighted by atomic mass is 16.6. The fourth-order valence-corrected chi connectivity index (χ4v) is 5.65. The predicted molar refractivity (Wildman–Crippen MR) is 118 cm³/mol. The van der Waals surface area contributed by atoms with Crippen LogP contribution in [0.25, 0.3) is 0 Å². The maximum atomic E-state index is 13.9. The maximum absolute atomic E-state index is 13.9. The Bertz CT molecular complexity index is 751. The van der Waals surface area contributed by atoms with Crippen molar-refractivity contribution in [1.29, 1.82) is 0 Å². The number of rotatable bonds is 12. The fraction of sp³-hybridized carbons (Fsp3) is 0.708. The van der Waals surface area contributed by atoms with E-state index in [-0.39, 0.29) is 25.0 Å². The number of aliphatic hydroxyl groups excluding tert-OH is 1. The van der Waals surface area contributed by atoms with Crippen molar-refractivity contribution in [2.24, 2.45) is 11.8 Å². The summed E-state index contributed by atoms with van der Waals surface area (Å²) in [6.07, 6.45) is 6.05. The molecule has 8 nitrogen and oxygen atoms in total. The number of fused-ring (bicyclic) bond motifs is 1. The van der Waals surface area contributed by atoms with Crippen LogP contribution in [0.3, 0.4) is 0 Å². The van der Waals surface area contributed by atoms with E-state index in [0.29, 0.717) is 32.4 Å². The highest BCUT2D eigenvalue weighted by Gasteiger charge is 2.75. The van der Waals surface area contributed by atoms with Gasteiger partial charge in [0.2, 0.25) is 11.8 Å². The van der Waals surface area contributed by atoms with Gasteiger partial charge in [0.05, 0.1) is 30.6 Å². The maximum Gasteiger partial charge on any atom is 0.312 e. The Labute approximate surface area is 190 Å². The summed E-state index contributed by atoms with van der Waals surface area (Å²) in [7, 11) is 0. The van der Waals surface area contributed by atoms with Gasteiger partial charge in [0, 0.05) is 13.1 Å². The minimum absolute atomic E-state index is 0.0559. The molecule has 3 aliphatic heterocycles. The lowest BCUT2D eigenvalue weighted by Gasteiger charge is -2.39. The molecule has 3 rings (SSSR count). The molecule has 0 aromatic heterocycles. The van der Waals surface area contributed by atoms with E-state index in [9.17, 15) is 19.5 Å². The van der Waals surface area contributed by atoms with Crippen molar-refractivity contribution in [3.8, 4) is 0 Å². The zero-order valence-electron chi connectivity index (χ0n) is 19.2.